The number of benzene rings is 2. The van der Waals surface area contributed by atoms with E-state index >= 15 is 13.2 Å². The molecule has 1 unspecified atom stereocenters. The maximum absolute atomic E-state index is 15.7. The molecule has 0 spiro atoms. The number of morpholine rings is 1. The van der Waals surface area contributed by atoms with E-state index in [2.05, 4.69) is 37.6 Å². The minimum Gasteiger partial charge on any atom is -0.453 e. The van der Waals surface area contributed by atoms with Gasteiger partial charge in [0.05, 0.1) is 26.2 Å². The number of piperidine rings is 1. The molecule has 59 heavy (non-hydrogen) atoms. The number of hydrogen-bond donors (Lipinski definition) is 1. The van der Waals surface area contributed by atoms with E-state index in [0.717, 1.165) is 115 Å². The quantitative estimate of drug-likeness (QED) is 0.234. The number of likely N-dealkylation sites (tertiary alicyclic amines) is 3. The summed E-state index contributed by atoms with van der Waals surface area (Å²) in [6.45, 7) is 14.8. The van der Waals surface area contributed by atoms with Crippen LogP contribution in [0, 0.1) is 29.5 Å². The number of rotatable bonds is 14. The Bertz CT molecular complexity index is 1780. The summed E-state index contributed by atoms with van der Waals surface area (Å²) >= 11 is 0. The molecule has 1 saturated carbocycles. The highest BCUT2D eigenvalue weighted by Gasteiger charge is 2.53. The van der Waals surface area contributed by atoms with Crippen LogP contribution in [0.2, 0.25) is 0 Å². The Labute approximate surface area is 348 Å². The zero-order valence-corrected chi connectivity index (χ0v) is 34.8. The van der Waals surface area contributed by atoms with E-state index < -0.39 is 17.9 Å². The normalized spacial score (nSPS) is 26.3. The van der Waals surface area contributed by atoms with Gasteiger partial charge in [0.1, 0.15) is 5.82 Å². The van der Waals surface area contributed by atoms with Gasteiger partial charge in [-0.1, -0.05) is 37.3 Å². The maximum Gasteiger partial charge on any atom is 0.407 e. The van der Waals surface area contributed by atoms with Gasteiger partial charge in [-0.2, -0.15) is 0 Å². The van der Waals surface area contributed by atoms with Crippen LogP contribution in [-0.2, 0) is 25.6 Å². The van der Waals surface area contributed by atoms with Crippen LogP contribution in [0.1, 0.15) is 56.1 Å². The van der Waals surface area contributed by atoms with Crippen LogP contribution in [-0.4, -0.2) is 143 Å². The molecule has 1 aliphatic carbocycles. The molecule has 5 saturated heterocycles. The average molecular weight is 821 g/mol. The van der Waals surface area contributed by atoms with Gasteiger partial charge in [0.15, 0.2) is 0 Å². The van der Waals surface area contributed by atoms with Crippen LogP contribution in [0.4, 0.5) is 23.7 Å². The molecule has 2 amide bonds. The molecule has 5 aliphatic heterocycles. The number of anilines is 1. The number of nitrogens with zero attached hydrogens (tertiary/aromatic N) is 5. The second kappa shape index (κ2) is 18.1. The van der Waals surface area contributed by atoms with Crippen molar-refractivity contribution in [2.75, 3.05) is 110 Å². The summed E-state index contributed by atoms with van der Waals surface area (Å²) < 4.78 is 56.8. The Hall–Kier alpha value is -3.65. The molecule has 2 aromatic rings. The number of halogens is 3. The van der Waals surface area contributed by atoms with E-state index in [1.807, 2.05) is 18.2 Å². The van der Waals surface area contributed by atoms with Crippen molar-refractivity contribution < 1.29 is 32.2 Å². The highest BCUT2D eigenvalue weighted by Crippen LogP contribution is 2.52. The van der Waals surface area contributed by atoms with E-state index in [0.29, 0.717) is 37.2 Å². The molecule has 8 rings (SSSR count). The lowest BCUT2D eigenvalue weighted by Gasteiger charge is -2.53. The van der Waals surface area contributed by atoms with E-state index in [1.165, 1.54) is 24.5 Å². The van der Waals surface area contributed by atoms with Gasteiger partial charge in [-0.3, -0.25) is 9.69 Å². The monoisotopic (exact) mass is 820 g/mol. The van der Waals surface area contributed by atoms with Gasteiger partial charge in [-0.25, -0.2) is 18.0 Å². The van der Waals surface area contributed by atoms with Crippen molar-refractivity contribution in [3.05, 3.63) is 77.6 Å². The SMILES string of the molecule is C=C(CN1CCOCC1)C(=O)N1CC(C(F)(F)c2ccc(N3CC[C@@H](CN4CCC(C(CN5CCC5)(c5cccc(F)c5)[C@H]5CCC[C@@H]5NC(=O)OC)CC4)C3)cc2)C1. The van der Waals surface area contributed by atoms with Crippen molar-refractivity contribution in [3.8, 4) is 0 Å². The predicted octanol–water partition coefficient (Wildman–Crippen LogP) is 5.97. The minimum atomic E-state index is -3.03. The zero-order chi connectivity index (χ0) is 41.1. The van der Waals surface area contributed by atoms with Gasteiger partial charge in [0.2, 0.25) is 0 Å². The van der Waals surface area contributed by atoms with Gasteiger partial charge < -0.3 is 34.4 Å². The fourth-order valence-electron chi connectivity index (χ4n) is 11.3. The van der Waals surface area contributed by atoms with E-state index in [4.69, 9.17) is 9.47 Å². The van der Waals surface area contributed by atoms with Gasteiger partial charge >= 0.3 is 6.09 Å². The van der Waals surface area contributed by atoms with Crippen molar-refractivity contribution in [2.24, 2.45) is 23.7 Å². The number of alkyl carbamates (subject to hydrolysis) is 1. The molecule has 6 aliphatic rings. The van der Waals surface area contributed by atoms with Gasteiger partial charge in [0.25, 0.3) is 11.8 Å². The van der Waals surface area contributed by atoms with Gasteiger partial charge in [0, 0.05) is 87.2 Å². The lowest BCUT2D eigenvalue weighted by Crippen LogP contribution is -2.59. The highest BCUT2D eigenvalue weighted by molar-refractivity contribution is 5.93. The average Bonchev–Trinajstić information content (AvgIpc) is 3.88. The number of carbonyl (C=O) groups is 2. The van der Waals surface area contributed by atoms with Crippen LogP contribution in [0.15, 0.2) is 60.7 Å². The molecule has 322 valence electrons. The molecule has 1 N–H and O–H groups in total. The van der Waals surface area contributed by atoms with Crippen LogP contribution in [0.25, 0.3) is 0 Å². The third-order valence-corrected chi connectivity index (χ3v) is 14.7. The summed E-state index contributed by atoms with van der Waals surface area (Å²) in [7, 11) is 1.42. The summed E-state index contributed by atoms with van der Waals surface area (Å²) in [5.74, 6) is -3.40. The minimum absolute atomic E-state index is 0.00228. The van der Waals surface area contributed by atoms with Crippen molar-refractivity contribution in [1.82, 2.24) is 24.9 Å². The lowest BCUT2D eigenvalue weighted by atomic mass is 9.57. The molecule has 13 heteroatoms. The Morgan fingerprint density at radius 1 is 0.831 bits per heavy atom. The largest absolute Gasteiger partial charge is 0.453 e. The smallest absolute Gasteiger partial charge is 0.407 e. The Morgan fingerprint density at radius 3 is 2.25 bits per heavy atom. The van der Waals surface area contributed by atoms with E-state index in [-0.39, 0.29) is 47.8 Å². The molecule has 6 fully saturated rings. The Kier molecular flexibility index (Phi) is 12.9. The van der Waals surface area contributed by atoms with Crippen molar-refractivity contribution in [1.29, 1.82) is 0 Å². The van der Waals surface area contributed by atoms with Crippen LogP contribution >= 0.6 is 0 Å². The first-order valence-corrected chi connectivity index (χ1v) is 22.1. The third-order valence-electron chi connectivity index (χ3n) is 14.7. The number of ether oxygens (including phenoxy) is 2. The fourth-order valence-corrected chi connectivity index (χ4v) is 11.3. The maximum atomic E-state index is 15.7. The van der Waals surface area contributed by atoms with Gasteiger partial charge in [-0.15, -0.1) is 0 Å². The standard InChI is InChI=1S/C46H63F3N6O4/c1-33(27-52-22-24-59-25-23-52)43(56)55-30-38(31-55)46(48,49)36-10-12-40(13-11-36)54-21-14-34(29-54)28-51-19-15-35(16-20-51)45(32-53-17-5-18-53,37-6-3-7-39(47)26-37)41-8-4-9-42(41)50-44(57)58-2/h3,6-7,10-13,26,34-35,38,41-42H,1,4-5,8-9,14-25,27-32H2,2H3,(H,50,57)/t34-,41-,42-,45?/m0/s1. The Morgan fingerprint density at radius 2 is 1.58 bits per heavy atom. The summed E-state index contributed by atoms with van der Waals surface area (Å²) in [5, 5.41) is 3.19. The highest BCUT2D eigenvalue weighted by atomic mass is 19.3. The fraction of sp³-hybridized carbons (Fsp3) is 0.652. The summed E-state index contributed by atoms with van der Waals surface area (Å²) in [6.07, 6.45) is 6.75. The molecular weight excluding hydrogens is 758 g/mol. The topological polar surface area (TPSA) is 80.8 Å². The summed E-state index contributed by atoms with van der Waals surface area (Å²) in [4.78, 5) is 36.5. The molecule has 5 heterocycles. The van der Waals surface area contributed by atoms with Crippen LogP contribution < -0.4 is 10.2 Å². The second-order valence-electron chi connectivity index (χ2n) is 18.2. The molecule has 2 aromatic carbocycles. The third kappa shape index (κ3) is 9.04. The number of methoxy groups -OCH3 is 1. The number of carbonyl (C=O) groups excluding carboxylic acids is 2. The van der Waals surface area contributed by atoms with Gasteiger partial charge in [-0.05, 0) is 112 Å². The first-order chi connectivity index (χ1) is 28.5. The molecule has 4 atom stereocenters. The number of amides is 2. The molecule has 0 aromatic heterocycles. The van der Waals surface area contributed by atoms with Crippen molar-refractivity contribution in [3.63, 3.8) is 0 Å². The van der Waals surface area contributed by atoms with E-state index in [9.17, 15) is 9.59 Å². The summed E-state index contributed by atoms with van der Waals surface area (Å²) in [6, 6.07) is 14.0. The number of alkyl halides is 2. The van der Waals surface area contributed by atoms with Crippen LogP contribution in [0.5, 0.6) is 0 Å². The van der Waals surface area contributed by atoms with E-state index in [1.54, 1.807) is 18.2 Å². The first-order valence-electron chi connectivity index (χ1n) is 22.1. The Balaban J connectivity index is 0.860. The molecule has 0 radical (unpaired) electrons. The molecule has 0 bridgehead atoms. The molecule has 10 nitrogen and oxygen atoms in total. The van der Waals surface area contributed by atoms with Crippen LogP contribution in [0.3, 0.4) is 0 Å². The molecular formula is C46H63F3N6O4. The second-order valence-corrected chi connectivity index (χ2v) is 18.2. The lowest BCUT2D eigenvalue weighted by molar-refractivity contribution is -0.153. The number of nitrogens with one attached hydrogen (secondary N) is 1. The van der Waals surface area contributed by atoms with Crippen molar-refractivity contribution >= 4 is 17.7 Å². The first kappa shape index (κ1) is 42.1. The zero-order valence-electron chi connectivity index (χ0n) is 34.8. The predicted molar refractivity (Wildman–Crippen MR) is 222 cm³/mol. The van der Waals surface area contributed by atoms with Crippen molar-refractivity contribution in [2.45, 2.75) is 62.3 Å². The summed E-state index contributed by atoms with van der Waals surface area (Å²) in [5.41, 5.74) is 2.17. The number of hydrogen-bond acceptors (Lipinski definition) is 8.